The van der Waals surface area contributed by atoms with E-state index in [2.05, 4.69) is 10.6 Å². The number of hydrogen-bond acceptors (Lipinski definition) is 5. The fourth-order valence-electron chi connectivity index (χ4n) is 2.10. The van der Waals surface area contributed by atoms with E-state index >= 15 is 0 Å². The number of amides is 1. The van der Waals surface area contributed by atoms with Gasteiger partial charge in [-0.15, -0.1) is 0 Å². The highest BCUT2D eigenvalue weighted by molar-refractivity contribution is 7.89. The Morgan fingerprint density at radius 3 is 2.71 bits per heavy atom. The van der Waals surface area contributed by atoms with Crippen molar-refractivity contribution in [3.63, 3.8) is 0 Å². The number of aryl methyl sites for hydroxylation is 1. The second-order valence-corrected chi connectivity index (χ2v) is 7.47. The van der Waals surface area contributed by atoms with E-state index in [-0.39, 0.29) is 18.2 Å². The molecule has 0 spiro atoms. The highest BCUT2D eigenvalue weighted by atomic mass is 32.2. The minimum absolute atomic E-state index is 0.00669. The summed E-state index contributed by atoms with van der Waals surface area (Å²) in [5, 5.41) is 5.82. The molecule has 8 heteroatoms. The Kier molecular flexibility index (Phi) is 4.38. The molecule has 1 aliphatic rings. The third kappa shape index (κ3) is 3.64. The number of nitrogen functional groups attached to an aromatic ring is 1. The van der Waals surface area contributed by atoms with Gasteiger partial charge in [-0.2, -0.15) is 0 Å². The van der Waals surface area contributed by atoms with Gasteiger partial charge >= 0.3 is 0 Å². The number of nitrogens with one attached hydrogen (secondary N) is 2. The molecule has 2 rings (SSSR count). The lowest BCUT2D eigenvalue weighted by atomic mass is 10.0. The third-order valence-electron chi connectivity index (χ3n) is 3.40. The van der Waals surface area contributed by atoms with Crippen molar-refractivity contribution in [3.05, 3.63) is 17.7 Å². The van der Waals surface area contributed by atoms with E-state index in [1.807, 2.05) is 6.07 Å². The quantitative estimate of drug-likeness (QED) is 0.685. The van der Waals surface area contributed by atoms with Gasteiger partial charge in [-0.25, -0.2) is 12.7 Å². The van der Waals surface area contributed by atoms with Crippen LogP contribution in [0.15, 0.2) is 12.1 Å². The molecule has 1 amide bonds. The summed E-state index contributed by atoms with van der Waals surface area (Å²) in [6, 6.07) is 3.57. The van der Waals surface area contributed by atoms with Crippen molar-refractivity contribution >= 4 is 33.0 Å². The Hall–Kier alpha value is -1.80. The third-order valence-corrected chi connectivity index (χ3v) is 5.24. The van der Waals surface area contributed by atoms with Crippen LogP contribution in [0.2, 0.25) is 0 Å². The normalized spacial score (nSPS) is 14.7. The largest absolute Gasteiger partial charge is 0.397 e. The number of rotatable bonds is 5. The molecular weight excluding hydrogens is 292 g/mol. The summed E-state index contributed by atoms with van der Waals surface area (Å²) < 4.78 is 24.6. The highest BCUT2D eigenvalue weighted by Gasteiger charge is 2.17. The van der Waals surface area contributed by atoms with Crippen LogP contribution < -0.4 is 16.4 Å². The SMILES string of the molecule is CN(C)S(=O)(=O)CCNc1cc2c(cc1N)NC(=O)CC2. The number of anilines is 3. The number of fused-ring (bicyclic) bond motifs is 1. The lowest BCUT2D eigenvalue weighted by Gasteiger charge is -2.20. The first kappa shape index (κ1) is 15.6. The summed E-state index contributed by atoms with van der Waals surface area (Å²) in [7, 11) is -0.222. The summed E-state index contributed by atoms with van der Waals surface area (Å²) in [6.07, 6.45) is 1.11. The van der Waals surface area contributed by atoms with Crippen molar-refractivity contribution in [1.29, 1.82) is 0 Å². The van der Waals surface area contributed by atoms with Crippen LogP contribution >= 0.6 is 0 Å². The zero-order valence-corrected chi connectivity index (χ0v) is 13.0. The van der Waals surface area contributed by atoms with Crippen molar-refractivity contribution in [2.75, 3.05) is 42.8 Å². The average Bonchev–Trinajstić information content (AvgIpc) is 2.39. The maximum atomic E-state index is 11.7. The second-order valence-electron chi connectivity index (χ2n) is 5.17. The molecule has 7 nitrogen and oxygen atoms in total. The van der Waals surface area contributed by atoms with Crippen molar-refractivity contribution in [2.45, 2.75) is 12.8 Å². The predicted octanol–water partition coefficient (Wildman–Crippen LogP) is 0.457. The van der Waals surface area contributed by atoms with Crippen LogP contribution in [0.5, 0.6) is 0 Å². The van der Waals surface area contributed by atoms with Crippen LogP contribution in [0.3, 0.4) is 0 Å². The minimum Gasteiger partial charge on any atom is -0.397 e. The average molecular weight is 312 g/mol. The Bertz CT molecular complexity index is 656. The molecule has 116 valence electrons. The van der Waals surface area contributed by atoms with Crippen LogP contribution in [0.4, 0.5) is 17.1 Å². The number of carbonyl (C=O) groups is 1. The van der Waals surface area contributed by atoms with Crippen LogP contribution in [-0.2, 0) is 21.2 Å². The Labute approximate surface area is 124 Å². The van der Waals surface area contributed by atoms with Gasteiger partial charge in [0.25, 0.3) is 0 Å². The van der Waals surface area contributed by atoms with E-state index in [1.165, 1.54) is 18.4 Å². The van der Waals surface area contributed by atoms with Gasteiger partial charge in [0, 0.05) is 32.7 Å². The van der Waals surface area contributed by atoms with Gasteiger partial charge in [-0.05, 0) is 24.1 Å². The number of carbonyl (C=O) groups excluding carboxylic acids is 1. The van der Waals surface area contributed by atoms with Gasteiger partial charge in [0.05, 0.1) is 17.1 Å². The molecule has 0 aliphatic carbocycles. The fourth-order valence-corrected chi connectivity index (χ4v) is 2.82. The Morgan fingerprint density at radius 2 is 2.05 bits per heavy atom. The van der Waals surface area contributed by atoms with Crippen LogP contribution in [0.1, 0.15) is 12.0 Å². The summed E-state index contributed by atoms with van der Waals surface area (Å²) >= 11 is 0. The number of benzene rings is 1. The van der Waals surface area contributed by atoms with Crippen molar-refractivity contribution in [2.24, 2.45) is 0 Å². The number of sulfonamides is 1. The Morgan fingerprint density at radius 1 is 1.33 bits per heavy atom. The molecule has 0 unspecified atom stereocenters. The maximum absolute atomic E-state index is 11.7. The fraction of sp³-hybridized carbons (Fsp3) is 0.462. The second kappa shape index (κ2) is 5.90. The van der Waals surface area contributed by atoms with E-state index in [1.54, 1.807) is 6.07 Å². The highest BCUT2D eigenvalue weighted by Crippen LogP contribution is 2.30. The first-order valence-electron chi connectivity index (χ1n) is 6.66. The molecule has 0 aromatic heterocycles. The smallest absolute Gasteiger partial charge is 0.224 e. The Balaban J connectivity index is 2.06. The molecule has 1 heterocycles. The van der Waals surface area contributed by atoms with Crippen LogP contribution in [0, 0.1) is 0 Å². The number of nitrogens with zero attached hydrogens (tertiary/aromatic N) is 1. The lowest BCUT2D eigenvalue weighted by Crippen LogP contribution is -2.28. The zero-order valence-electron chi connectivity index (χ0n) is 12.1. The topological polar surface area (TPSA) is 105 Å². The summed E-state index contributed by atoms with van der Waals surface area (Å²) in [4.78, 5) is 11.3. The first-order chi connectivity index (χ1) is 9.79. The summed E-state index contributed by atoms with van der Waals surface area (Å²) in [5.41, 5.74) is 8.84. The molecule has 1 aliphatic heterocycles. The molecule has 0 saturated carbocycles. The molecule has 4 N–H and O–H groups in total. The van der Waals surface area contributed by atoms with Gasteiger partial charge in [0.2, 0.25) is 15.9 Å². The zero-order chi connectivity index (χ0) is 15.6. The molecule has 0 fully saturated rings. The summed E-state index contributed by atoms with van der Waals surface area (Å²) in [6.45, 7) is 0.274. The standard InChI is InChI=1S/C13H20N4O3S/c1-17(2)21(19,20)6-5-15-12-7-9-3-4-13(18)16-11(9)8-10(12)14/h7-8,15H,3-6,14H2,1-2H3,(H,16,18). The molecule has 1 aromatic carbocycles. The number of nitrogens with two attached hydrogens (primary N) is 1. The van der Waals surface area contributed by atoms with Gasteiger partial charge in [0.1, 0.15) is 0 Å². The van der Waals surface area contributed by atoms with E-state index in [0.29, 0.717) is 24.2 Å². The van der Waals surface area contributed by atoms with E-state index in [0.717, 1.165) is 11.3 Å². The maximum Gasteiger partial charge on any atom is 0.224 e. The van der Waals surface area contributed by atoms with Crippen LogP contribution in [-0.4, -0.2) is 45.0 Å². The summed E-state index contributed by atoms with van der Waals surface area (Å²) in [5.74, 6) is -0.0209. The number of hydrogen-bond donors (Lipinski definition) is 3. The monoisotopic (exact) mass is 312 g/mol. The van der Waals surface area contributed by atoms with E-state index in [9.17, 15) is 13.2 Å². The van der Waals surface area contributed by atoms with Gasteiger partial charge in [-0.3, -0.25) is 4.79 Å². The molecule has 0 atom stereocenters. The predicted molar refractivity (Wildman–Crippen MR) is 83.8 cm³/mol. The van der Waals surface area contributed by atoms with Gasteiger partial charge in [-0.1, -0.05) is 0 Å². The van der Waals surface area contributed by atoms with Gasteiger partial charge < -0.3 is 16.4 Å². The van der Waals surface area contributed by atoms with Crippen molar-refractivity contribution < 1.29 is 13.2 Å². The molecule has 0 saturated heterocycles. The van der Waals surface area contributed by atoms with Crippen LogP contribution in [0.25, 0.3) is 0 Å². The minimum atomic E-state index is -3.23. The van der Waals surface area contributed by atoms with E-state index < -0.39 is 10.0 Å². The molecule has 1 aromatic rings. The van der Waals surface area contributed by atoms with Crippen molar-refractivity contribution in [3.8, 4) is 0 Å². The molecule has 0 bridgehead atoms. The molecule has 21 heavy (non-hydrogen) atoms. The van der Waals surface area contributed by atoms with E-state index in [4.69, 9.17) is 5.73 Å². The first-order valence-corrected chi connectivity index (χ1v) is 8.27. The lowest BCUT2D eigenvalue weighted by molar-refractivity contribution is -0.116. The van der Waals surface area contributed by atoms with Crippen molar-refractivity contribution in [1.82, 2.24) is 4.31 Å². The van der Waals surface area contributed by atoms with Gasteiger partial charge in [0.15, 0.2) is 0 Å². The molecular formula is C13H20N4O3S. The molecule has 0 radical (unpaired) electrons.